The van der Waals surface area contributed by atoms with E-state index < -0.39 is 0 Å². The Morgan fingerprint density at radius 1 is 0.923 bits per heavy atom. The van der Waals surface area contributed by atoms with Gasteiger partial charge in [0.15, 0.2) is 0 Å². The maximum absolute atomic E-state index is 13.5. The molecular formula is C20H17F2N3O. The maximum Gasteiger partial charge on any atom is 0.269 e. The molecule has 0 aliphatic heterocycles. The minimum Gasteiger partial charge on any atom is -0.354 e. The number of hydrogen-bond donors (Lipinski definition) is 2. The van der Waals surface area contributed by atoms with Gasteiger partial charge < -0.3 is 10.6 Å². The van der Waals surface area contributed by atoms with Gasteiger partial charge in [-0.15, -0.1) is 0 Å². The molecule has 0 unspecified atom stereocenters. The van der Waals surface area contributed by atoms with Crippen LogP contribution in [0.1, 0.15) is 16.1 Å². The molecule has 1 heterocycles. The number of carbonyl (C=O) groups excluding carboxylic acids is 1. The van der Waals surface area contributed by atoms with E-state index >= 15 is 0 Å². The number of carbonyl (C=O) groups is 1. The summed E-state index contributed by atoms with van der Waals surface area (Å²) < 4.78 is 26.4. The third-order valence-electron chi connectivity index (χ3n) is 3.77. The number of nitrogens with zero attached hydrogens (tertiary/aromatic N) is 1. The maximum atomic E-state index is 13.5. The summed E-state index contributed by atoms with van der Waals surface area (Å²) in [4.78, 5) is 16.2. The second-order valence-corrected chi connectivity index (χ2v) is 5.66. The largest absolute Gasteiger partial charge is 0.354 e. The zero-order chi connectivity index (χ0) is 18.4. The van der Waals surface area contributed by atoms with E-state index in [9.17, 15) is 13.6 Å². The summed E-state index contributed by atoms with van der Waals surface area (Å²) in [5.74, 6) is -0.915. The van der Waals surface area contributed by atoms with Gasteiger partial charge in [-0.3, -0.25) is 4.79 Å². The van der Waals surface area contributed by atoms with Crippen LogP contribution in [0.25, 0.3) is 0 Å². The van der Waals surface area contributed by atoms with Gasteiger partial charge in [0.05, 0.1) is 11.9 Å². The molecule has 0 aliphatic rings. The average molecular weight is 353 g/mol. The Morgan fingerprint density at radius 3 is 2.35 bits per heavy atom. The zero-order valence-electron chi connectivity index (χ0n) is 13.9. The quantitative estimate of drug-likeness (QED) is 0.702. The van der Waals surface area contributed by atoms with Crippen LogP contribution in [-0.2, 0) is 6.42 Å². The normalized spacial score (nSPS) is 10.4. The third kappa shape index (κ3) is 4.63. The van der Waals surface area contributed by atoms with Crippen LogP contribution >= 0.6 is 0 Å². The van der Waals surface area contributed by atoms with Gasteiger partial charge in [0, 0.05) is 12.2 Å². The Balaban J connectivity index is 1.53. The van der Waals surface area contributed by atoms with Crippen molar-refractivity contribution in [3.05, 3.63) is 89.8 Å². The van der Waals surface area contributed by atoms with E-state index in [0.717, 1.165) is 5.69 Å². The van der Waals surface area contributed by atoms with Crippen molar-refractivity contribution >= 4 is 17.3 Å². The van der Waals surface area contributed by atoms with E-state index in [0.29, 0.717) is 24.2 Å². The van der Waals surface area contributed by atoms with E-state index in [1.165, 1.54) is 24.4 Å². The molecule has 0 atom stereocenters. The van der Waals surface area contributed by atoms with Gasteiger partial charge in [0.25, 0.3) is 5.91 Å². The number of halogens is 2. The van der Waals surface area contributed by atoms with Crippen LogP contribution in [0.4, 0.5) is 20.2 Å². The van der Waals surface area contributed by atoms with Crippen LogP contribution in [-0.4, -0.2) is 17.4 Å². The molecule has 1 aromatic heterocycles. The Morgan fingerprint density at radius 2 is 1.65 bits per heavy atom. The van der Waals surface area contributed by atoms with Crippen LogP contribution in [0.15, 0.2) is 66.9 Å². The van der Waals surface area contributed by atoms with Gasteiger partial charge >= 0.3 is 0 Å². The molecule has 0 spiro atoms. The molecule has 132 valence electrons. The summed E-state index contributed by atoms with van der Waals surface area (Å²) in [5, 5.41) is 5.79. The molecule has 0 saturated carbocycles. The number of rotatable bonds is 6. The molecule has 0 saturated heterocycles. The summed E-state index contributed by atoms with van der Waals surface area (Å²) in [7, 11) is 0. The lowest BCUT2D eigenvalue weighted by atomic mass is 10.1. The molecule has 0 radical (unpaired) electrons. The van der Waals surface area contributed by atoms with Crippen molar-refractivity contribution in [2.45, 2.75) is 6.42 Å². The van der Waals surface area contributed by atoms with E-state index in [1.807, 2.05) is 0 Å². The Labute approximate surface area is 149 Å². The summed E-state index contributed by atoms with van der Waals surface area (Å²) in [6.45, 7) is 0.316. The lowest BCUT2D eigenvalue weighted by Gasteiger charge is -2.08. The van der Waals surface area contributed by atoms with Gasteiger partial charge in [-0.2, -0.15) is 0 Å². The molecular weight excluding hydrogens is 336 g/mol. The summed E-state index contributed by atoms with van der Waals surface area (Å²) in [6, 6.07) is 15.7. The van der Waals surface area contributed by atoms with Crippen molar-refractivity contribution in [1.82, 2.24) is 10.3 Å². The highest BCUT2D eigenvalue weighted by atomic mass is 19.1. The first-order valence-electron chi connectivity index (χ1n) is 8.12. The fourth-order valence-corrected chi connectivity index (χ4v) is 2.40. The standard InChI is InChI=1S/C20H17F2N3O/c21-15-5-7-16(8-6-15)25-17-9-10-19(24-13-17)20(26)23-12-11-14-3-1-2-4-18(14)22/h1-10,13,25H,11-12H2,(H,23,26). The van der Waals surface area contributed by atoms with Crippen LogP contribution in [0.5, 0.6) is 0 Å². The first kappa shape index (κ1) is 17.5. The SMILES string of the molecule is O=C(NCCc1ccccc1F)c1ccc(Nc2ccc(F)cc2)cn1. The lowest BCUT2D eigenvalue weighted by molar-refractivity contribution is 0.0949. The van der Waals surface area contributed by atoms with Crippen LogP contribution < -0.4 is 10.6 Å². The van der Waals surface area contributed by atoms with Gasteiger partial charge in [-0.05, 0) is 54.4 Å². The molecule has 6 heteroatoms. The van der Waals surface area contributed by atoms with E-state index in [4.69, 9.17) is 0 Å². The summed E-state index contributed by atoms with van der Waals surface area (Å²) in [5.41, 5.74) is 2.22. The molecule has 26 heavy (non-hydrogen) atoms. The average Bonchev–Trinajstić information content (AvgIpc) is 2.66. The highest BCUT2D eigenvalue weighted by Gasteiger charge is 2.08. The molecule has 2 N–H and O–H groups in total. The first-order valence-corrected chi connectivity index (χ1v) is 8.12. The number of amides is 1. The number of benzene rings is 2. The van der Waals surface area contributed by atoms with Crippen molar-refractivity contribution < 1.29 is 13.6 Å². The number of nitrogens with one attached hydrogen (secondary N) is 2. The van der Waals surface area contributed by atoms with E-state index in [1.54, 1.807) is 42.5 Å². The number of anilines is 2. The number of hydrogen-bond acceptors (Lipinski definition) is 3. The molecule has 4 nitrogen and oxygen atoms in total. The predicted molar refractivity (Wildman–Crippen MR) is 96.4 cm³/mol. The van der Waals surface area contributed by atoms with Crippen LogP contribution in [0, 0.1) is 11.6 Å². The second kappa shape index (κ2) is 8.20. The minimum absolute atomic E-state index is 0.267. The minimum atomic E-state index is -0.324. The Bertz CT molecular complexity index is 880. The molecule has 0 aliphatic carbocycles. The van der Waals surface area contributed by atoms with Crippen molar-refractivity contribution in [2.75, 3.05) is 11.9 Å². The fraction of sp³-hybridized carbons (Fsp3) is 0.100. The molecule has 3 rings (SSSR count). The van der Waals surface area contributed by atoms with Gasteiger partial charge in [-0.1, -0.05) is 18.2 Å². The van der Waals surface area contributed by atoms with Crippen LogP contribution in [0.2, 0.25) is 0 Å². The predicted octanol–water partition coefficient (Wildman–Crippen LogP) is 4.08. The molecule has 0 fully saturated rings. The smallest absolute Gasteiger partial charge is 0.269 e. The van der Waals surface area contributed by atoms with Crippen molar-refractivity contribution in [3.63, 3.8) is 0 Å². The molecule has 0 bridgehead atoms. The first-order chi connectivity index (χ1) is 12.6. The van der Waals surface area contributed by atoms with Gasteiger partial charge in [-0.25, -0.2) is 13.8 Å². The Hall–Kier alpha value is -3.28. The summed E-state index contributed by atoms with van der Waals surface area (Å²) in [6.07, 6.45) is 1.93. The Kier molecular flexibility index (Phi) is 5.53. The second-order valence-electron chi connectivity index (χ2n) is 5.66. The lowest BCUT2D eigenvalue weighted by Crippen LogP contribution is -2.26. The van der Waals surface area contributed by atoms with E-state index in [-0.39, 0.29) is 23.2 Å². The topological polar surface area (TPSA) is 54.0 Å². The van der Waals surface area contributed by atoms with Gasteiger partial charge in [0.2, 0.25) is 0 Å². The highest BCUT2D eigenvalue weighted by molar-refractivity contribution is 5.92. The molecule has 3 aromatic rings. The third-order valence-corrected chi connectivity index (χ3v) is 3.77. The molecule has 1 amide bonds. The highest BCUT2D eigenvalue weighted by Crippen LogP contribution is 2.16. The fourth-order valence-electron chi connectivity index (χ4n) is 2.40. The van der Waals surface area contributed by atoms with Gasteiger partial charge in [0.1, 0.15) is 17.3 Å². The molecule has 2 aromatic carbocycles. The summed E-state index contributed by atoms with van der Waals surface area (Å²) >= 11 is 0. The van der Waals surface area contributed by atoms with Crippen molar-refractivity contribution in [2.24, 2.45) is 0 Å². The number of aromatic nitrogens is 1. The number of pyridine rings is 1. The zero-order valence-corrected chi connectivity index (χ0v) is 13.9. The van der Waals surface area contributed by atoms with Crippen molar-refractivity contribution in [3.8, 4) is 0 Å². The monoisotopic (exact) mass is 353 g/mol. The van der Waals surface area contributed by atoms with Crippen LogP contribution in [0.3, 0.4) is 0 Å². The van der Waals surface area contributed by atoms with E-state index in [2.05, 4.69) is 15.6 Å². The van der Waals surface area contributed by atoms with Crippen molar-refractivity contribution in [1.29, 1.82) is 0 Å².